The van der Waals surface area contributed by atoms with Gasteiger partial charge < -0.3 is 10.2 Å². The molecule has 174 valence electrons. The van der Waals surface area contributed by atoms with E-state index in [1.165, 1.54) is 30.2 Å². The maximum absolute atomic E-state index is 13.7. The van der Waals surface area contributed by atoms with Gasteiger partial charge in [0.05, 0.1) is 10.7 Å². The predicted molar refractivity (Wildman–Crippen MR) is 137 cm³/mol. The van der Waals surface area contributed by atoms with E-state index in [4.69, 9.17) is 11.6 Å². The lowest BCUT2D eigenvalue weighted by Crippen LogP contribution is -2.25. The second kappa shape index (κ2) is 8.59. The number of carbonyl (C=O) groups is 1. The summed E-state index contributed by atoms with van der Waals surface area (Å²) in [5.74, 6) is -0.331. The molecule has 1 unspecified atom stereocenters. The highest BCUT2D eigenvalue weighted by molar-refractivity contribution is 6.30. The van der Waals surface area contributed by atoms with E-state index < -0.39 is 5.82 Å². The van der Waals surface area contributed by atoms with Crippen molar-refractivity contribution in [3.05, 3.63) is 106 Å². The molecule has 0 bridgehead atoms. The largest absolute Gasteiger partial charge is 0.378 e. The highest BCUT2D eigenvalue weighted by Crippen LogP contribution is 2.58. The number of nitrogens with zero attached hydrogens (tertiary/aromatic N) is 1. The number of hydrogen-bond donors (Lipinski definition) is 1. The smallest absolute Gasteiger partial charge is 0.159 e. The predicted octanol–water partition coefficient (Wildman–Crippen LogP) is 7.06. The van der Waals surface area contributed by atoms with Crippen molar-refractivity contribution in [1.29, 1.82) is 0 Å². The third kappa shape index (κ3) is 4.12. The van der Waals surface area contributed by atoms with Gasteiger partial charge in [0, 0.05) is 41.4 Å². The second-order valence-corrected chi connectivity index (χ2v) is 10.0. The molecule has 1 atom stereocenters. The summed E-state index contributed by atoms with van der Waals surface area (Å²) in [7, 11) is 0. The van der Waals surface area contributed by atoms with Crippen LogP contribution >= 0.6 is 11.6 Å². The first-order valence-electron chi connectivity index (χ1n) is 11.7. The van der Waals surface area contributed by atoms with Crippen LogP contribution in [0, 0.1) is 5.82 Å². The molecule has 1 saturated carbocycles. The molecule has 1 spiro atoms. The lowest BCUT2D eigenvalue weighted by molar-refractivity contribution is 0.101. The number of para-hydroxylation sites is 1. The number of fused-ring (bicyclic) bond motifs is 2. The number of carbonyl (C=O) groups excluding carboxylic acids is 1. The number of nitrogens with one attached hydrogen (secondary N) is 1. The third-order valence-corrected chi connectivity index (χ3v) is 7.45. The fourth-order valence-electron chi connectivity index (χ4n) is 5.09. The minimum Gasteiger partial charge on any atom is -0.378 e. The first-order valence-corrected chi connectivity index (χ1v) is 12.0. The topological polar surface area (TPSA) is 32.3 Å². The van der Waals surface area contributed by atoms with E-state index >= 15 is 0 Å². The normalized spacial score (nSPS) is 16.3. The summed E-state index contributed by atoms with van der Waals surface area (Å²) in [5, 5.41) is 3.72. The Morgan fingerprint density at radius 3 is 2.56 bits per heavy atom. The van der Waals surface area contributed by atoms with Gasteiger partial charge in [0.25, 0.3) is 0 Å². The molecule has 2 aliphatic rings. The zero-order valence-corrected chi connectivity index (χ0v) is 20.3. The van der Waals surface area contributed by atoms with Crippen LogP contribution in [0.2, 0.25) is 5.02 Å². The minimum atomic E-state index is -0.394. The van der Waals surface area contributed by atoms with E-state index in [0.29, 0.717) is 12.1 Å². The molecule has 0 amide bonds. The van der Waals surface area contributed by atoms with Gasteiger partial charge in [0.2, 0.25) is 0 Å². The van der Waals surface area contributed by atoms with Crippen LogP contribution in [-0.2, 0) is 12.0 Å². The fraction of sp³-hybridized carbons (Fsp3) is 0.276. The quantitative estimate of drug-likeness (QED) is 0.372. The number of rotatable bonds is 7. The number of halogens is 2. The number of anilines is 1. The maximum atomic E-state index is 13.7. The monoisotopic (exact) mass is 474 g/mol. The molecule has 3 aromatic rings. The highest BCUT2D eigenvalue weighted by atomic mass is 35.5. The molecule has 5 rings (SSSR count). The summed E-state index contributed by atoms with van der Waals surface area (Å²) >= 11 is 6.06. The lowest BCUT2D eigenvalue weighted by atomic mass is 9.95. The van der Waals surface area contributed by atoms with Crippen molar-refractivity contribution in [1.82, 2.24) is 5.32 Å². The summed E-state index contributed by atoms with van der Waals surface area (Å²) in [5.41, 5.74) is 7.53. The van der Waals surface area contributed by atoms with Crippen LogP contribution in [0.5, 0.6) is 0 Å². The Hall–Kier alpha value is -3.11. The number of ketones is 1. The lowest BCUT2D eigenvalue weighted by Gasteiger charge is -2.25. The molecule has 3 aromatic carbocycles. The summed E-state index contributed by atoms with van der Waals surface area (Å²) < 4.78 is 13.7. The zero-order valence-electron chi connectivity index (χ0n) is 19.5. The Bertz CT molecular complexity index is 1280. The Morgan fingerprint density at radius 1 is 1.18 bits per heavy atom. The third-order valence-electron chi connectivity index (χ3n) is 7.16. The van der Waals surface area contributed by atoms with Crippen LogP contribution in [0.4, 0.5) is 10.1 Å². The molecule has 3 nitrogen and oxygen atoms in total. The standard InChI is InChI=1S/C29H28ClFN2O/c1-18(22-8-10-23(11-9-22)20(3)34)32-19(2)24-5-4-6-25-28(24)33(17-29(25)13-14-29)16-21-7-12-27(31)26(30)15-21/h4-12,15,18,32H,2,13-14,16-17H2,1,3H3. The van der Waals surface area contributed by atoms with Crippen molar-refractivity contribution in [2.75, 3.05) is 11.4 Å². The van der Waals surface area contributed by atoms with Crippen LogP contribution in [0.15, 0.2) is 67.2 Å². The molecular weight excluding hydrogens is 447 g/mol. The molecule has 0 radical (unpaired) electrons. The van der Waals surface area contributed by atoms with Crippen molar-refractivity contribution in [2.45, 2.75) is 44.7 Å². The number of benzene rings is 3. The number of hydrogen-bond acceptors (Lipinski definition) is 3. The van der Waals surface area contributed by atoms with Crippen LogP contribution in [0.1, 0.15) is 65.3 Å². The van der Waals surface area contributed by atoms with Crippen LogP contribution in [-0.4, -0.2) is 12.3 Å². The van der Waals surface area contributed by atoms with Crippen molar-refractivity contribution in [3.8, 4) is 0 Å². The van der Waals surface area contributed by atoms with Gasteiger partial charge in [-0.2, -0.15) is 0 Å². The maximum Gasteiger partial charge on any atom is 0.159 e. The molecule has 5 heteroatoms. The summed E-state index contributed by atoms with van der Waals surface area (Å²) in [6, 6.07) is 19.2. The van der Waals surface area contributed by atoms with Crippen molar-refractivity contribution in [2.24, 2.45) is 0 Å². The van der Waals surface area contributed by atoms with Gasteiger partial charge in [0.15, 0.2) is 5.78 Å². The average Bonchev–Trinajstić information content (AvgIpc) is 3.54. The van der Waals surface area contributed by atoms with Gasteiger partial charge >= 0.3 is 0 Å². The second-order valence-electron chi connectivity index (χ2n) is 9.61. The van der Waals surface area contributed by atoms with Crippen molar-refractivity contribution >= 4 is 28.8 Å². The van der Waals surface area contributed by atoms with Crippen molar-refractivity contribution in [3.63, 3.8) is 0 Å². The molecule has 1 fully saturated rings. The summed E-state index contributed by atoms with van der Waals surface area (Å²) in [4.78, 5) is 14.0. The van der Waals surface area contributed by atoms with Crippen LogP contribution in [0.25, 0.3) is 5.70 Å². The molecule has 1 aliphatic heterocycles. The Kier molecular flexibility index (Phi) is 5.73. The van der Waals surface area contributed by atoms with Crippen molar-refractivity contribution < 1.29 is 9.18 Å². The van der Waals surface area contributed by atoms with E-state index in [1.54, 1.807) is 19.1 Å². The SMILES string of the molecule is C=C(NC(C)c1ccc(C(C)=O)cc1)c1cccc2c1N(Cc1ccc(F)c(Cl)c1)CC21CC1. The first kappa shape index (κ1) is 22.7. The molecule has 0 saturated heterocycles. The van der Waals surface area contributed by atoms with Crippen LogP contribution < -0.4 is 10.2 Å². The Balaban J connectivity index is 1.42. The van der Waals surface area contributed by atoms with Gasteiger partial charge in [-0.3, -0.25) is 4.79 Å². The van der Waals surface area contributed by atoms with E-state index in [9.17, 15) is 9.18 Å². The zero-order chi connectivity index (χ0) is 24.0. The summed E-state index contributed by atoms with van der Waals surface area (Å²) in [6.45, 7) is 9.67. The average molecular weight is 475 g/mol. The fourth-order valence-corrected chi connectivity index (χ4v) is 5.29. The molecule has 0 aromatic heterocycles. The van der Waals surface area contributed by atoms with E-state index in [-0.39, 0.29) is 22.3 Å². The minimum absolute atomic E-state index is 0.0324. The molecule has 1 aliphatic carbocycles. The number of Topliss-reactive ketones (excluding diaryl/α,β-unsaturated/α-hetero) is 1. The van der Waals surface area contributed by atoms with E-state index in [1.807, 2.05) is 24.3 Å². The van der Waals surface area contributed by atoms with Gasteiger partial charge in [-0.15, -0.1) is 0 Å². The highest BCUT2D eigenvalue weighted by Gasteiger charge is 2.52. The molecule has 1 heterocycles. The van der Waals surface area contributed by atoms with Crippen LogP contribution in [0.3, 0.4) is 0 Å². The molecule has 34 heavy (non-hydrogen) atoms. The molecular formula is C29H28ClFN2O. The van der Waals surface area contributed by atoms with Gasteiger partial charge in [-0.25, -0.2) is 4.39 Å². The van der Waals surface area contributed by atoms with Gasteiger partial charge in [-0.05, 0) is 55.5 Å². The molecule has 1 N–H and O–H groups in total. The Labute approximate surface area is 205 Å². The van der Waals surface area contributed by atoms with Gasteiger partial charge in [-0.1, -0.05) is 66.7 Å². The first-order chi connectivity index (χ1) is 16.3. The van der Waals surface area contributed by atoms with Gasteiger partial charge in [0.1, 0.15) is 5.82 Å². The Morgan fingerprint density at radius 2 is 1.91 bits per heavy atom. The summed E-state index contributed by atoms with van der Waals surface area (Å²) in [6.07, 6.45) is 2.37. The van der Waals surface area contributed by atoms with E-state index in [2.05, 4.69) is 41.9 Å². The van der Waals surface area contributed by atoms with E-state index in [0.717, 1.165) is 28.9 Å².